The second kappa shape index (κ2) is 7.00. The molecule has 0 aliphatic rings. The normalized spacial score (nSPS) is 10.3. The maximum absolute atomic E-state index is 11.6. The monoisotopic (exact) mass is 250 g/mol. The minimum Gasteiger partial charge on any atom is -0.272 e. The molecule has 0 saturated carbocycles. The summed E-state index contributed by atoms with van der Waals surface area (Å²) >= 11 is 5.42. The molecule has 15 heavy (non-hydrogen) atoms. The van der Waals surface area contributed by atoms with Crippen LogP contribution in [0.4, 0.5) is 0 Å². The van der Waals surface area contributed by atoms with Gasteiger partial charge in [-0.15, -0.1) is 11.8 Å². The Kier molecular flexibility index (Phi) is 6.84. The molecule has 0 aromatic heterocycles. The minimum atomic E-state index is -0.191. The molecule has 0 aliphatic heterocycles. The Morgan fingerprint density at radius 3 is 2.07 bits per heavy atom. The van der Waals surface area contributed by atoms with Gasteiger partial charge >= 0.3 is 0 Å². The van der Waals surface area contributed by atoms with Crippen LogP contribution in [0.5, 0.6) is 0 Å². The van der Waals surface area contributed by atoms with E-state index >= 15 is 0 Å². The van der Waals surface area contributed by atoms with Gasteiger partial charge in [0.25, 0.3) is 11.8 Å². The highest BCUT2D eigenvalue weighted by Crippen LogP contribution is 2.10. The molecule has 0 rings (SSSR count). The number of hydrogen-bond donors (Lipinski definition) is 1. The van der Waals surface area contributed by atoms with Gasteiger partial charge in [0.1, 0.15) is 0 Å². The van der Waals surface area contributed by atoms with Crippen molar-refractivity contribution in [2.45, 2.75) is 19.1 Å². The van der Waals surface area contributed by atoms with Gasteiger partial charge in [-0.1, -0.05) is 13.8 Å². The minimum absolute atomic E-state index is 0.0775. The third-order valence-corrected chi connectivity index (χ3v) is 3.20. The standard InChI is InChI=1S/C9H18N2O2S2/c1-7(2)15-6-9(13)11(4)10(3)8(12)5-14/h7,14H,5-6H2,1-4H3. The average Bonchev–Trinajstić information content (AvgIpc) is 2.22. The van der Waals surface area contributed by atoms with Crippen molar-refractivity contribution in [1.29, 1.82) is 0 Å². The van der Waals surface area contributed by atoms with Crippen LogP contribution >= 0.6 is 24.4 Å². The summed E-state index contributed by atoms with van der Waals surface area (Å²) in [6.07, 6.45) is 0. The SMILES string of the molecule is CC(C)SCC(=O)N(C)N(C)C(=O)CS. The molecule has 0 spiro atoms. The molecule has 0 radical (unpaired) electrons. The highest BCUT2D eigenvalue weighted by atomic mass is 32.2. The van der Waals surface area contributed by atoms with E-state index in [1.165, 1.54) is 10.0 Å². The Balaban J connectivity index is 4.13. The van der Waals surface area contributed by atoms with Crippen LogP contribution in [0.1, 0.15) is 13.8 Å². The highest BCUT2D eigenvalue weighted by molar-refractivity contribution is 8.00. The number of thioether (sulfide) groups is 1. The molecule has 0 aliphatic carbocycles. The lowest BCUT2D eigenvalue weighted by Gasteiger charge is -2.27. The Labute approximate surface area is 101 Å². The lowest BCUT2D eigenvalue weighted by atomic mass is 10.6. The van der Waals surface area contributed by atoms with Crippen molar-refractivity contribution in [2.75, 3.05) is 25.6 Å². The van der Waals surface area contributed by atoms with E-state index in [-0.39, 0.29) is 17.6 Å². The van der Waals surface area contributed by atoms with Crippen molar-refractivity contribution in [3.05, 3.63) is 0 Å². The fraction of sp³-hybridized carbons (Fsp3) is 0.778. The number of amides is 2. The molecule has 2 amide bonds. The van der Waals surface area contributed by atoms with Gasteiger partial charge < -0.3 is 0 Å². The van der Waals surface area contributed by atoms with Gasteiger partial charge in [0.05, 0.1) is 11.5 Å². The molecular formula is C9H18N2O2S2. The molecule has 0 atom stereocenters. The first-order valence-electron chi connectivity index (χ1n) is 4.65. The van der Waals surface area contributed by atoms with Gasteiger partial charge in [-0.3, -0.25) is 19.6 Å². The zero-order chi connectivity index (χ0) is 12.0. The number of hydrazine groups is 1. The quantitative estimate of drug-likeness (QED) is 0.595. The fourth-order valence-electron chi connectivity index (χ4n) is 0.768. The largest absolute Gasteiger partial charge is 0.272 e. The Hall–Kier alpha value is -0.360. The Morgan fingerprint density at radius 1 is 1.20 bits per heavy atom. The molecule has 0 aromatic carbocycles. The van der Waals surface area contributed by atoms with Crippen molar-refractivity contribution in [3.63, 3.8) is 0 Å². The van der Waals surface area contributed by atoms with E-state index in [0.29, 0.717) is 11.0 Å². The number of carbonyl (C=O) groups is 2. The summed E-state index contributed by atoms with van der Waals surface area (Å²) in [5.74, 6) is 0.221. The van der Waals surface area contributed by atoms with Crippen LogP contribution < -0.4 is 0 Å². The lowest BCUT2D eigenvalue weighted by Crippen LogP contribution is -2.46. The smallest absolute Gasteiger partial charge is 0.250 e. The van der Waals surface area contributed by atoms with Gasteiger partial charge in [0.2, 0.25) is 0 Å². The maximum atomic E-state index is 11.6. The second-order valence-electron chi connectivity index (χ2n) is 3.35. The third-order valence-electron chi connectivity index (χ3n) is 1.85. The molecule has 0 saturated heterocycles. The van der Waals surface area contributed by atoms with Gasteiger partial charge in [0.15, 0.2) is 0 Å². The number of thiol groups is 1. The first-order valence-corrected chi connectivity index (χ1v) is 6.33. The van der Waals surface area contributed by atoms with E-state index in [9.17, 15) is 9.59 Å². The third kappa shape index (κ3) is 5.32. The predicted octanol–water partition coefficient (Wildman–Crippen LogP) is 0.890. The van der Waals surface area contributed by atoms with Gasteiger partial charge in [0, 0.05) is 14.1 Å². The number of hydrogen-bond acceptors (Lipinski definition) is 4. The van der Waals surface area contributed by atoms with Crippen LogP contribution in [0.25, 0.3) is 0 Å². The molecule has 88 valence electrons. The highest BCUT2D eigenvalue weighted by Gasteiger charge is 2.17. The van der Waals surface area contributed by atoms with E-state index < -0.39 is 0 Å². The Morgan fingerprint density at radius 2 is 1.67 bits per heavy atom. The summed E-state index contributed by atoms with van der Waals surface area (Å²) in [7, 11) is 3.15. The first kappa shape index (κ1) is 14.6. The summed E-state index contributed by atoms with van der Waals surface area (Å²) in [4.78, 5) is 22.8. The maximum Gasteiger partial charge on any atom is 0.250 e. The molecule has 0 aromatic rings. The molecule has 0 bridgehead atoms. The molecule has 0 unspecified atom stereocenters. The second-order valence-corrected chi connectivity index (χ2v) is 5.23. The van der Waals surface area contributed by atoms with Crippen LogP contribution in [-0.2, 0) is 9.59 Å². The summed E-state index contributed by atoms with van der Waals surface area (Å²) in [5, 5.41) is 3.03. The Bertz CT molecular complexity index is 234. The average molecular weight is 250 g/mol. The van der Waals surface area contributed by atoms with Crippen LogP contribution in [0.2, 0.25) is 0 Å². The van der Waals surface area contributed by atoms with Crippen LogP contribution in [-0.4, -0.2) is 52.7 Å². The van der Waals surface area contributed by atoms with E-state index in [1.807, 2.05) is 13.8 Å². The molecule has 4 nitrogen and oxygen atoms in total. The number of nitrogens with zero attached hydrogens (tertiary/aromatic N) is 2. The van der Waals surface area contributed by atoms with Crippen molar-refractivity contribution in [1.82, 2.24) is 10.0 Å². The van der Waals surface area contributed by atoms with E-state index in [0.717, 1.165) is 0 Å². The number of carbonyl (C=O) groups excluding carboxylic acids is 2. The van der Waals surface area contributed by atoms with Crippen LogP contribution in [0.3, 0.4) is 0 Å². The molecule has 6 heteroatoms. The topological polar surface area (TPSA) is 40.6 Å². The van der Waals surface area contributed by atoms with E-state index in [4.69, 9.17) is 0 Å². The summed E-state index contributed by atoms with van der Waals surface area (Å²) in [5.41, 5.74) is 0. The summed E-state index contributed by atoms with van der Waals surface area (Å²) < 4.78 is 0. The van der Waals surface area contributed by atoms with E-state index in [1.54, 1.807) is 25.9 Å². The van der Waals surface area contributed by atoms with Crippen LogP contribution in [0.15, 0.2) is 0 Å². The molecule has 0 N–H and O–H groups in total. The zero-order valence-corrected chi connectivity index (χ0v) is 11.3. The summed E-state index contributed by atoms with van der Waals surface area (Å²) in [6, 6.07) is 0. The summed E-state index contributed by atoms with van der Waals surface area (Å²) in [6.45, 7) is 4.06. The van der Waals surface area contributed by atoms with Gasteiger partial charge in [-0.25, -0.2) is 0 Å². The fourth-order valence-corrected chi connectivity index (χ4v) is 1.64. The van der Waals surface area contributed by atoms with Gasteiger partial charge in [-0.05, 0) is 5.25 Å². The van der Waals surface area contributed by atoms with Gasteiger partial charge in [-0.2, -0.15) is 12.6 Å². The van der Waals surface area contributed by atoms with Crippen molar-refractivity contribution >= 4 is 36.2 Å². The number of rotatable bonds is 4. The molecule has 0 heterocycles. The van der Waals surface area contributed by atoms with Crippen LogP contribution in [0, 0.1) is 0 Å². The van der Waals surface area contributed by atoms with Crippen molar-refractivity contribution in [3.8, 4) is 0 Å². The van der Waals surface area contributed by atoms with Crippen molar-refractivity contribution in [2.24, 2.45) is 0 Å². The zero-order valence-electron chi connectivity index (χ0n) is 9.56. The molecular weight excluding hydrogens is 232 g/mol. The lowest BCUT2D eigenvalue weighted by molar-refractivity contribution is -0.154. The van der Waals surface area contributed by atoms with E-state index in [2.05, 4.69) is 12.6 Å². The van der Waals surface area contributed by atoms with Crippen molar-refractivity contribution < 1.29 is 9.59 Å². The predicted molar refractivity (Wildman–Crippen MR) is 67.0 cm³/mol. The molecule has 0 fully saturated rings. The first-order chi connectivity index (χ1) is 6.90.